The van der Waals surface area contributed by atoms with Crippen molar-refractivity contribution in [1.29, 1.82) is 0 Å². The molecule has 0 N–H and O–H groups in total. The average molecular weight is 854 g/mol. The van der Waals surface area contributed by atoms with Gasteiger partial charge in [-0.1, -0.05) is 226 Å². The Hall–Kier alpha value is -1.71. The Bertz CT molecular complexity index is 954. The lowest BCUT2D eigenvalue weighted by molar-refractivity contribution is -0.870. The van der Waals surface area contributed by atoms with Gasteiger partial charge in [-0.15, -0.1) is 0 Å². The molecule has 0 fully saturated rings. The number of ether oxygens (including phenoxy) is 4. The summed E-state index contributed by atoms with van der Waals surface area (Å²) in [5.74, 6) is -2.28. The summed E-state index contributed by atoms with van der Waals surface area (Å²) in [6.45, 7) is 4.68. The second-order valence-corrected chi connectivity index (χ2v) is 18.8. The van der Waals surface area contributed by atoms with Crippen molar-refractivity contribution in [1.82, 2.24) is 0 Å². The van der Waals surface area contributed by atoms with Crippen LogP contribution in [0.4, 0.5) is 0 Å². The van der Waals surface area contributed by atoms with E-state index < -0.39 is 24.3 Å². The molecular formula is C51H99NO8. The Morgan fingerprint density at radius 2 is 0.750 bits per heavy atom. The first-order chi connectivity index (χ1) is 29.1. The van der Waals surface area contributed by atoms with Crippen LogP contribution in [0.1, 0.15) is 251 Å². The lowest BCUT2D eigenvalue weighted by atomic mass is 10.0. The number of hydrogen-bond donors (Lipinski definition) is 0. The highest BCUT2D eigenvalue weighted by Gasteiger charge is 2.22. The molecule has 0 rings (SSSR count). The van der Waals surface area contributed by atoms with Crippen molar-refractivity contribution in [3.63, 3.8) is 0 Å². The van der Waals surface area contributed by atoms with E-state index in [0.717, 1.165) is 51.4 Å². The first-order valence-electron chi connectivity index (χ1n) is 25.7. The van der Waals surface area contributed by atoms with Crippen LogP contribution in [0.15, 0.2) is 0 Å². The molecule has 0 saturated carbocycles. The number of carbonyl (C=O) groups is 3. The number of rotatable bonds is 48. The molecule has 0 aromatic rings. The number of carbonyl (C=O) groups excluding carboxylic acids is 3. The van der Waals surface area contributed by atoms with Crippen LogP contribution in [0, 0.1) is 0 Å². The van der Waals surface area contributed by atoms with Gasteiger partial charge >= 0.3 is 11.9 Å². The van der Waals surface area contributed by atoms with Crippen LogP contribution in [-0.2, 0) is 33.3 Å². The minimum Gasteiger partial charge on any atom is -0.545 e. The lowest BCUT2D eigenvalue weighted by Crippen LogP contribution is -2.44. The second kappa shape index (κ2) is 43.9. The molecule has 356 valence electrons. The van der Waals surface area contributed by atoms with Gasteiger partial charge in [0.15, 0.2) is 12.4 Å². The van der Waals surface area contributed by atoms with E-state index in [4.69, 9.17) is 18.9 Å². The fourth-order valence-electron chi connectivity index (χ4n) is 7.60. The maximum absolute atomic E-state index is 12.7. The molecule has 0 spiro atoms. The van der Waals surface area contributed by atoms with Crippen LogP contribution in [-0.4, -0.2) is 82.3 Å². The van der Waals surface area contributed by atoms with Crippen molar-refractivity contribution in [2.75, 3.05) is 47.5 Å². The minimum absolute atomic E-state index is 0.152. The van der Waals surface area contributed by atoms with Crippen molar-refractivity contribution in [2.45, 2.75) is 264 Å². The molecule has 0 radical (unpaired) electrons. The maximum atomic E-state index is 12.7. The molecular weight excluding hydrogens is 755 g/mol. The molecule has 2 unspecified atom stereocenters. The van der Waals surface area contributed by atoms with Crippen LogP contribution in [0.2, 0.25) is 0 Å². The van der Waals surface area contributed by atoms with Crippen molar-refractivity contribution in [3.8, 4) is 0 Å². The van der Waals surface area contributed by atoms with Gasteiger partial charge in [0, 0.05) is 12.8 Å². The fourth-order valence-corrected chi connectivity index (χ4v) is 7.60. The van der Waals surface area contributed by atoms with Crippen molar-refractivity contribution in [3.05, 3.63) is 0 Å². The topological polar surface area (TPSA) is 111 Å². The van der Waals surface area contributed by atoms with Crippen LogP contribution in [0.25, 0.3) is 0 Å². The van der Waals surface area contributed by atoms with Crippen molar-refractivity contribution in [2.24, 2.45) is 0 Å². The molecule has 0 amide bonds. The summed E-state index contributed by atoms with van der Waals surface area (Å²) in [5.41, 5.74) is 0. The molecule has 0 bridgehead atoms. The number of carboxylic acids is 1. The smallest absolute Gasteiger partial charge is 0.306 e. The van der Waals surface area contributed by atoms with E-state index in [0.29, 0.717) is 17.4 Å². The van der Waals surface area contributed by atoms with E-state index in [1.54, 1.807) is 0 Å². The molecule has 0 aromatic carbocycles. The second-order valence-electron chi connectivity index (χ2n) is 18.8. The predicted octanol–water partition coefficient (Wildman–Crippen LogP) is 12.7. The number of aliphatic carboxylic acids is 1. The quantitative estimate of drug-likeness (QED) is 0.0257. The van der Waals surface area contributed by atoms with Gasteiger partial charge in [-0.25, -0.2) is 0 Å². The fraction of sp³-hybridized carbons (Fsp3) is 0.941. The van der Waals surface area contributed by atoms with E-state index in [1.165, 1.54) is 173 Å². The molecule has 0 heterocycles. The highest BCUT2D eigenvalue weighted by atomic mass is 16.7. The van der Waals surface area contributed by atoms with Crippen molar-refractivity contribution >= 4 is 17.9 Å². The van der Waals surface area contributed by atoms with Gasteiger partial charge in [0.05, 0.1) is 40.3 Å². The highest BCUT2D eigenvalue weighted by molar-refractivity contribution is 5.70. The van der Waals surface area contributed by atoms with Gasteiger partial charge in [-0.2, -0.15) is 0 Å². The van der Waals surface area contributed by atoms with E-state index in [-0.39, 0.29) is 32.2 Å². The number of unbranched alkanes of at least 4 members (excludes halogenated alkanes) is 33. The van der Waals surface area contributed by atoms with Gasteiger partial charge < -0.3 is 33.3 Å². The zero-order valence-electron chi connectivity index (χ0n) is 40.4. The third kappa shape index (κ3) is 44.3. The minimum atomic E-state index is -1.61. The Labute approximate surface area is 371 Å². The SMILES string of the molecule is CCCCCCCCCCCCCCCCCCCCCCCCCCCCCCCCC(=O)OC(COC(=O)CCCCCCC)COC(OCC[N+](C)(C)C)C(=O)[O-]. The third-order valence-corrected chi connectivity index (χ3v) is 11.6. The van der Waals surface area contributed by atoms with Crippen molar-refractivity contribution < 1.29 is 42.9 Å². The molecule has 0 saturated heterocycles. The molecule has 2 atom stereocenters. The zero-order chi connectivity index (χ0) is 44.2. The van der Waals surface area contributed by atoms with Gasteiger partial charge in [0.1, 0.15) is 13.2 Å². The number of esters is 2. The van der Waals surface area contributed by atoms with E-state index in [1.807, 2.05) is 21.1 Å². The first-order valence-corrected chi connectivity index (χ1v) is 25.7. The Morgan fingerprint density at radius 3 is 1.07 bits per heavy atom. The molecule has 0 aromatic heterocycles. The van der Waals surface area contributed by atoms with Crippen LogP contribution in [0.3, 0.4) is 0 Å². The normalized spacial score (nSPS) is 12.8. The maximum Gasteiger partial charge on any atom is 0.306 e. The summed E-state index contributed by atoms with van der Waals surface area (Å²) in [5, 5.41) is 11.6. The van der Waals surface area contributed by atoms with Crippen LogP contribution < -0.4 is 5.11 Å². The summed E-state index contributed by atoms with van der Waals surface area (Å²) in [6.07, 6.45) is 43.6. The largest absolute Gasteiger partial charge is 0.545 e. The summed E-state index contributed by atoms with van der Waals surface area (Å²) in [7, 11) is 5.91. The molecule has 0 aliphatic rings. The van der Waals surface area contributed by atoms with Gasteiger partial charge in [0.25, 0.3) is 0 Å². The van der Waals surface area contributed by atoms with Gasteiger partial charge in [-0.05, 0) is 12.8 Å². The number of carboxylic acid groups (broad SMARTS) is 1. The van der Waals surface area contributed by atoms with Gasteiger partial charge in [0.2, 0.25) is 0 Å². The monoisotopic (exact) mass is 854 g/mol. The summed E-state index contributed by atoms with van der Waals surface area (Å²) < 4.78 is 22.4. The molecule has 0 aliphatic carbocycles. The third-order valence-electron chi connectivity index (χ3n) is 11.6. The number of likely N-dealkylation sites (N-methyl/N-ethyl adjacent to an activating group) is 1. The van der Waals surface area contributed by atoms with Crippen LogP contribution >= 0.6 is 0 Å². The van der Waals surface area contributed by atoms with Gasteiger partial charge in [-0.3, -0.25) is 9.59 Å². The number of quaternary nitrogens is 1. The highest BCUT2D eigenvalue weighted by Crippen LogP contribution is 2.17. The van der Waals surface area contributed by atoms with E-state index in [9.17, 15) is 19.5 Å². The Kier molecular flexibility index (Phi) is 42.7. The number of hydrogen-bond acceptors (Lipinski definition) is 8. The molecule has 9 heteroatoms. The Balaban J connectivity index is 3.90. The lowest BCUT2D eigenvalue weighted by Gasteiger charge is -2.26. The van der Waals surface area contributed by atoms with E-state index in [2.05, 4.69) is 13.8 Å². The average Bonchev–Trinajstić information content (AvgIpc) is 3.21. The summed E-state index contributed by atoms with van der Waals surface area (Å²) in [6, 6.07) is 0. The zero-order valence-corrected chi connectivity index (χ0v) is 40.4. The Morgan fingerprint density at radius 1 is 0.433 bits per heavy atom. The first kappa shape index (κ1) is 58.3. The molecule has 0 aliphatic heterocycles. The number of nitrogens with zero attached hydrogens (tertiary/aromatic N) is 1. The summed E-state index contributed by atoms with van der Waals surface area (Å²) in [4.78, 5) is 36.7. The predicted molar refractivity (Wildman–Crippen MR) is 247 cm³/mol. The van der Waals surface area contributed by atoms with Crippen LogP contribution in [0.5, 0.6) is 0 Å². The molecule has 60 heavy (non-hydrogen) atoms. The summed E-state index contributed by atoms with van der Waals surface area (Å²) >= 11 is 0. The standard InChI is InChI=1S/C51H99NO8/c1-6-8-10-12-13-14-15-16-17-18-19-20-21-22-23-24-25-26-27-28-29-30-31-32-33-34-35-36-38-40-42-49(54)60-47(45-58-48(53)41-39-37-11-9-7-2)46-59-51(50(55)56)57-44-43-52(3,4)5/h47,51H,6-46H2,1-5H3. The van der Waals surface area contributed by atoms with E-state index >= 15 is 0 Å². The molecule has 9 nitrogen and oxygen atoms in total.